The van der Waals surface area contributed by atoms with Crippen LogP contribution in [0.2, 0.25) is 0 Å². The highest BCUT2D eigenvalue weighted by molar-refractivity contribution is 7.78. The van der Waals surface area contributed by atoms with E-state index in [1.165, 1.54) is 0 Å². The van der Waals surface area contributed by atoms with Crippen molar-refractivity contribution in [2.45, 2.75) is 26.1 Å². The van der Waals surface area contributed by atoms with Crippen LogP contribution in [0.15, 0.2) is 48.7 Å². The molecule has 0 spiro atoms. The van der Waals surface area contributed by atoms with E-state index in [9.17, 15) is 18.7 Å². The number of hydrogen-bond acceptors (Lipinski definition) is 3. The molecule has 0 amide bonds. The van der Waals surface area contributed by atoms with E-state index in [0.29, 0.717) is 11.1 Å². The van der Waals surface area contributed by atoms with Gasteiger partial charge in [-0.05, 0) is 43.2 Å². The summed E-state index contributed by atoms with van der Waals surface area (Å²) in [6.45, 7) is 3.81. The van der Waals surface area contributed by atoms with Crippen molar-refractivity contribution in [1.29, 1.82) is 0 Å². The Labute approximate surface area is 170 Å². The van der Waals surface area contributed by atoms with E-state index < -0.39 is 17.0 Å². The van der Waals surface area contributed by atoms with Crippen LogP contribution in [0.3, 0.4) is 0 Å². The monoisotopic (exact) mass is 408 g/mol. The van der Waals surface area contributed by atoms with E-state index >= 15 is 0 Å². The number of aromatic nitrogens is 2. The van der Waals surface area contributed by atoms with Crippen molar-refractivity contribution in [3.05, 3.63) is 65.5 Å². The number of rotatable bonds is 5. The summed E-state index contributed by atoms with van der Waals surface area (Å²) in [5, 5.41) is 11.2. The molecule has 1 atom stereocenters. The zero-order chi connectivity index (χ0) is 20.7. The second-order valence-corrected chi connectivity index (χ2v) is 8.03. The largest absolute Gasteiger partial charge is 0.480 e. The standard InChI is InChI=1S/C22H20N2O4S/c1-13-6-7-19-18(10-13)21(14(2)24(19)11-20(25)26)16-8-9-23-22-15(12-29(27)28)4-3-5-17(16)22/h3-10H,11-12H2,1-2H3,(H,25,26)(H,27,28). The Hall–Kier alpha value is -3.03. The van der Waals surface area contributed by atoms with Crippen LogP contribution in [0.4, 0.5) is 0 Å². The van der Waals surface area contributed by atoms with Gasteiger partial charge in [0.2, 0.25) is 0 Å². The lowest BCUT2D eigenvalue weighted by Gasteiger charge is -2.10. The molecule has 4 rings (SSSR count). The first kappa shape index (κ1) is 19.3. The third-order valence-electron chi connectivity index (χ3n) is 5.18. The molecular formula is C22H20N2O4S. The van der Waals surface area contributed by atoms with E-state index in [1.807, 2.05) is 48.7 Å². The van der Waals surface area contributed by atoms with Crippen LogP contribution in [0.1, 0.15) is 16.8 Å². The van der Waals surface area contributed by atoms with E-state index in [4.69, 9.17) is 0 Å². The summed E-state index contributed by atoms with van der Waals surface area (Å²) >= 11 is -1.97. The molecule has 148 valence electrons. The van der Waals surface area contributed by atoms with Gasteiger partial charge in [0.15, 0.2) is 11.1 Å². The number of para-hydroxylation sites is 1. The molecule has 6 nitrogen and oxygen atoms in total. The van der Waals surface area contributed by atoms with Crippen LogP contribution in [0.25, 0.3) is 32.9 Å². The third kappa shape index (κ3) is 3.43. The summed E-state index contributed by atoms with van der Waals surface area (Å²) in [6, 6.07) is 13.5. The second kappa shape index (κ2) is 7.42. The number of carboxylic acid groups (broad SMARTS) is 1. The number of aryl methyl sites for hydroxylation is 1. The predicted octanol–water partition coefficient (Wildman–Crippen LogP) is 4.28. The Bertz CT molecular complexity index is 1290. The molecule has 2 aromatic carbocycles. The highest BCUT2D eigenvalue weighted by atomic mass is 32.2. The van der Waals surface area contributed by atoms with Crippen LogP contribution < -0.4 is 0 Å². The van der Waals surface area contributed by atoms with Crippen LogP contribution >= 0.6 is 0 Å². The van der Waals surface area contributed by atoms with Crippen LogP contribution in [0.5, 0.6) is 0 Å². The van der Waals surface area contributed by atoms with Gasteiger partial charge >= 0.3 is 5.97 Å². The molecule has 7 heteroatoms. The SMILES string of the molecule is Cc1ccc2c(c1)c(-c1ccnc3c(CS(=O)O)cccc13)c(C)n2CC(=O)O. The number of aliphatic carboxylic acids is 1. The van der Waals surface area contributed by atoms with Crippen molar-refractivity contribution in [2.24, 2.45) is 0 Å². The first-order valence-electron chi connectivity index (χ1n) is 9.12. The average Bonchev–Trinajstić information content (AvgIpc) is 2.92. The molecule has 0 aliphatic carbocycles. The van der Waals surface area contributed by atoms with Gasteiger partial charge in [-0.15, -0.1) is 0 Å². The molecule has 2 N–H and O–H groups in total. The highest BCUT2D eigenvalue weighted by Gasteiger charge is 2.19. The molecule has 0 radical (unpaired) electrons. The van der Waals surface area contributed by atoms with Gasteiger partial charge in [0.05, 0.1) is 11.3 Å². The third-order valence-corrected chi connectivity index (χ3v) is 5.73. The number of carbonyl (C=O) groups is 1. The minimum Gasteiger partial charge on any atom is -0.480 e. The van der Waals surface area contributed by atoms with Crippen molar-refractivity contribution in [1.82, 2.24) is 9.55 Å². The van der Waals surface area contributed by atoms with Gasteiger partial charge in [0.1, 0.15) is 6.54 Å². The average molecular weight is 408 g/mol. The summed E-state index contributed by atoms with van der Waals surface area (Å²) in [4.78, 5) is 15.9. The van der Waals surface area contributed by atoms with Gasteiger partial charge < -0.3 is 14.2 Å². The van der Waals surface area contributed by atoms with Gasteiger partial charge in [0.25, 0.3) is 0 Å². The van der Waals surface area contributed by atoms with Crippen molar-refractivity contribution >= 4 is 38.9 Å². The molecule has 0 aliphatic heterocycles. The van der Waals surface area contributed by atoms with Gasteiger partial charge in [-0.2, -0.15) is 0 Å². The second-order valence-electron chi connectivity index (χ2n) is 7.10. The summed E-state index contributed by atoms with van der Waals surface area (Å²) in [5.41, 5.74) is 6.07. The Balaban J connectivity index is 2.06. The van der Waals surface area contributed by atoms with Gasteiger partial charge in [-0.3, -0.25) is 9.78 Å². The van der Waals surface area contributed by atoms with Crippen molar-refractivity contribution < 1.29 is 18.7 Å². The number of benzene rings is 2. The number of carboxylic acids is 1. The van der Waals surface area contributed by atoms with Gasteiger partial charge in [-0.25, -0.2) is 4.21 Å². The molecule has 0 bridgehead atoms. The molecule has 0 saturated carbocycles. The van der Waals surface area contributed by atoms with Crippen LogP contribution in [-0.2, 0) is 28.2 Å². The Morgan fingerprint density at radius 2 is 1.93 bits per heavy atom. The molecule has 29 heavy (non-hydrogen) atoms. The summed E-state index contributed by atoms with van der Waals surface area (Å²) in [6.07, 6.45) is 1.69. The Morgan fingerprint density at radius 1 is 1.14 bits per heavy atom. The lowest BCUT2D eigenvalue weighted by Crippen LogP contribution is -2.09. The summed E-state index contributed by atoms with van der Waals surface area (Å²) < 4.78 is 22.5. The minimum absolute atomic E-state index is 0.00660. The first-order valence-corrected chi connectivity index (χ1v) is 10.4. The maximum absolute atomic E-state index is 11.5. The fraction of sp³-hybridized carbons (Fsp3) is 0.182. The van der Waals surface area contributed by atoms with E-state index in [1.54, 1.807) is 12.3 Å². The fourth-order valence-electron chi connectivity index (χ4n) is 3.98. The van der Waals surface area contributed by atoms with Gasteiger partial charge in [0, 0.05) is 33.7 Å². The van der Waals surface area contributed by atoms with Crippen LogP contribution in [-0.4, -0.2) is 29.4 Å². The molecule has 0 fully saturated rings. The Morgan fingerprint density at radius 3 is 2.66 bits per heavy atom. The molecule has 4 aromatic rings. The normalized spacial score (nSPS) is 12.5. The highest BCUT2D eigenvalue weighted by Crippen LogP contribution is 2.38. The summed E-state index contributed by atoms with van der Waals surface area (Å²) in [5.74, 6) is -0.892. The van der Waals surface area contributed by atoms with Gasteiger partial charge in [-0.1, -0.05) is 29.8 Å². The molecular weight excluding hydrogens is 388 g/mol. The molecule has 2 heterocycles. The van der Waals surface area contributed by atoms with Crippen molar-refractivity contribution in [2.75, 3.05) is 0 Å². The van der Waals surface area contributed by atoms with Crippen LogP contribution in [0, 0.1) is 13.8 Å². The van der Waals surface area contributed by atoms with E-state index in [-0.39, 0.29) is 12.3 Å². The maximum Gasteiger partial charge on any atom is 0.323 e. The smallest absolute Gasteiger partial charge is 0.323 e. The number of fused-ring (bicyclic) bond motifs is 2. The summed E-state index contributed by atoms with van der Waals surface area (Å²) in [7, 11) is 0. The van der Waals surface area contributed by atoms with E-state index in [0.717, 1.165) is 38.7 Å². The fourth-order valence-corrected chi connectivity index (χ4v) is 4.48. The maximum atomic E-state index is 11.5. The Kier molecular flexibility index (Phi) is 4.94. The first-order chi connectivity index (χ1) is 13.9. The molecule has 0 aliphatic rings. The lowest BCUT2D eigenvalue weighted by molar-refractivity contribution is -0.137. The minimum atomic E-state index is -1.97. The zero-order valence-electron chi connectivity index (χ0n) is 16.0. The van der Waals surface area contributed by atoms with E-state index in [2.05, 4.69) is 11.1 Å². The number of hydrogen-bond donors (Lipinski definition) is 2. The zero-order valence-corrected chi connectivity index (χ0v) is 16.9. The lowest BCUT2D eigenvalue weighted by atomic mass is 9.97. The molecule has 1 unspecified atom stereocenters. The number of nitrogens with zero attached hydrogens (tertiary/aromatic N) is 2. The number of pyridine rings is 1. The van der Waals surface area contributed by atoms with Crippen molar-refractivity contribution in [3.8, 4) is 11.1 Å². The quantitative estimate of drug-likeness (QED) is 0.481. The predicted molar refractivity (Wildman–Crippen MR) is 114 cm³/mol. The topological polar surface area (TPSA) is 92.4 Å². The molecule has 2 aromatic heterocycles. The molecule has 0 saturated heterocycles. The van der Waals surface area contributed by atoms with Crippen molar-refractivity contribution in [3.63, 3.8) is 0 Å².